The van der Waals surface area contributed by atoms with Crippen LogP contribution in [0.15, 0.2) is 22.9 Å². The molecule has 0 spiro atoms. The summed E-state index contributed by atoms with van der Waals surface area (Å²) in [6, 6.07) is 2.06. The summed E-state index contributed by atoms with van der Waals surface area (Å²) in [5.41, 5.74) is 0.820. The number of fused-ring (bicyclic) bond motifs is 2. The van der Waals surface area contributed by atoms with Gasteiger partial charge in [-0.15, -0.1) is 0 Å². The lowest BCUT2D eigenvalue weighted by molar-refractivity contribution is -0.0270. The number of nitrogens with zero attached hydrogens (tertiary/aromatic N) is 2. The van der Waals surface area contributed by atoms with Gasteiger partial charge in [-0.2, -0.15) is 0 Å². The van der Waals surface area contributed by atoms with Crippen LogP contribution in [0.25, 0.3) is 0 Å². The van der Waals surface area contributed by atoms with Crippen LogP contribution in [0.5, 0.6) is 0 Å². The third-order valence-electron chi connectivity index (χ3n) is 5.35. The van der Waals surface area contributed by atoms with E-state index in [2.05, 4.69) is 47.0 Å². The minimum absolute atomic E-state index is 0.0180. The molecule has 3 unspecified atom stereocenters. The molecule has 2 fully saturated rings. The highest BCUT2D eigenvalue weighted by Gasteiger charge is 2.59. The van der Waals surface area contributed by atoms with E-state index in [0.29, 0.717) is 6.54 Å². The first kappa shape index (κ1) is 15.7. The summed E-state index contributed by atoms with van der Waals surface area (Å²) in [7, 11) is 0. The molecule has 3 heterocycles. The van der Waals surface area contributed by atoms with Crippen molar-refractivity contribution >= 4 is 22.0 Å². The molecule has 2 aliphatic heterocycles. The van der Waals surface area contributed by atoms with Crippen molar-refractivity contribution < 1.29 is 9.90 Å². The predicted octanol–water partition coefficient (Wildman–Crippen LogP) is 3.27. The van der Waals surface area contributed by atoms with Gasteiger partial charge < -0.3 is 10.4 Å². The van der Waals surface area contributed by atoms with Crippen LogP contribution >= 0.6 is 15.9 Å². The molecule has 22 heavy (non-hydrogen) atoms. The van der Waals surface area contributed by atoms with Gasteiger partial charge in [0.15, 0.2) is 0 Å². The summed E-state index contributed by atoms with van der Waals surface area (Å²) >= 11 is 3.46. The molecule has 0 aliphatic carbocycles. The first-order valence-corrected chi connectivity index (χ1v) is 8.37. The third kappa shape index (κ3) is 2.33. The van der Waals surface area contributed by atoms with E-state index in [1.54, 1.807) is 17.3 Å². The predicted molar refractivity (Wildman–Crippen MR) is 87.7 cm³/mol. The quantitative estimate of drug-likeness (QED) is 0.799. The molecule has 2 saturated heterocycles. The standard InChI is InChI=1S/C16H22BrN3O2/c1-15(2,3)16-5-12(19-9-16)8-20(14(21)22)13(16)10-4-11(17)7-18-6-10/h4,6-7,12-13,19H,5,8-9H2,1-3H3,(H,21,22). The van der Waals surface area contributed by atoms with Crippen LogP contribution in [-0.4, -0.2) is 40.2 Å². The van der Waals surface area contributed by atoms with Crippen LogP contribution < -0.4 is 5.32 Å². The van der Waals surface area contributed by atoms with Crippen LogP contribution in [-0.2, 0) is 0 Å². The van der Waals surface area contributed by atoms with Crippen LogP contribution in [0, 0.1) is 10.8 Å². The number of amides is 1. The van der Waals surface area contributed by atoms with E-state index in [0.717, 1.165) is 23.0 Å². The Morgan fingerprint density at radius 3 is 2.82 bits per heavy atom. The normalized spacial score (nSPS) is 31.4. The van der Waals surface area contributed by atoms with Gasteiger partial charge in [0.25, 0.3) is 0 Å². The van der Waals surface area contributed by atoms with Crippen molar-refractivity contribution in [2.24, 2.45) is 10.8 Å². The number of carbonyl (C=O) groups is 1. The average Bonchev–Trinajstić information content (AvgIpc) is 2.77. The van der Waals surface area contributed by atoms with Crippen LogP contribution in [0.1, 0.15) is 38.8 Å². The molecule has 1 aromatic heterocycles. The Balaban J connectivity index is 2.16. The van der Waals surface area contributed by atoms with Crippen molar-refractivity contribution in [3.05, 3.63) is 28.5 Å². The number of halogens is 1. The van der Waals surface area contributed by atoms with Crippen LogP contribution in [0.4, 0.5) is 4.79 Å². The molecule has 0 radical (unpaired) electrons. The first-order chi connectivity index (χ1) is 10.2. The Labute approximate surface area is 139 Å². The van der Waals surface area contributed by atoms with E-state index in [1.807, 2.05) is 6.07 Å². The number of nitrogens with one attached hydrogen (secondary N) is 1. The molecule has 0 saturated carbocycles. The van der Waals surface area contributed by atoms with Gasteiger partial charge in [0, 0.05) is 41.4 Å². The second kappa shape index (κ2) is 5.20. The van der Waals surface area contributed by atoms with E-state index in [-0.39, 0.29) is 22.9 Å². The van der Waals surface area contributed by atoms with E-state index < -0.39 is 6.09 Å². The van der Waals surface area contributed by atoms with Crippen molar-refractivity contribution in [2.75, 3.05) is 13.1 Å². The number of hydrogen-bond acceptors (Lipinski definition) is 3. The molecule has 5 nitrogen and oxygen atoms in total. The topological polar surface area (TPSA) is 65.5 Å². The number of rotatable bonds is 1. The molecule has 2 aliphatic rings. The van der Waals surface area contributed by atoms with Gasteiger partial charge >= 0.3 is 6.09 Å². The van der Waals surface area contributed by atoms with Crippen LogP contribution in [0.3, 0.4) is 0 Å². The highest BCUT2D eigenvalue weighted by Crippen LogP contribution is 2.58. The van der Waals surface area contributed by atoms with Crippen molar-refractivity contribution in [1.29, 1.82) is 0 Å². The second-order valence-electron chi connectivity index (χ2n) is 7.46. The summed E-state index contributed by atoms with van der Waals surface area (Å²) in [6.07, 6.45) is 3.68. The van der Waals surface area contributed by atoms with E-state index in [1.165, 1.54) is 0 Å². The van der Waals surface area contributed by atoms with Gasteiger partial charge in [0.1, 0.15) is 0 Å². The maximum Gasteiger partial charge on any atom is 0.407 e. The van der Waals surface area contributed by atoms with Gasteiger partial charge in [-0.1, -0.05) is 20.8 Å². The molecular weight excluding hydrogens is 346 g/mol. The summed E-state index contributed by atoms with van der Waals surface area (Å²) in [4.78, 5) is 17.7. The summed E-state index contributed by atoms with van der Waals surface area (Å²) in [5.74, 6) is 0. The number of hydrogen-bond donors (Lipinski definition) is 2. The Morgan fingerprint density at radius 2 is 2.23 bits per heavy atom. The van der Waals surface area contributed by atoms with E-state index in [9.17, 15) is 9.90 Å². The van der Waals surface area contributed by atoms with Gasteiger partial charge in [-0.25, -0.2) is 4.79 Å². The number of carboxylic acid groups (broad SMARTS) is 1. The maximum absolute atomic E-state index is 11.9. The highest BCUT2D eigenvalue weighted by atomic mass is 79.9. The molecular formula is C16H22BrN3O2. The Kier molecular flexibility index (Phi) is 3.72. The lowest BCUT2D eigenvalue weighted by atomic mass is 9.58. The third-order valence-corrected chi connectivity index (χ3v) is 5.78. The summed E-state index contributed by atoms with van der Waals surface area (Å²) in [6.45, 7) is 7.99. The van der Waals surface area contributed by atoms with Crippen molar-refractivity contribution in [1.82, 2.24) is 15.2 Å². The Hall–Kier alpha value is -1.14. The van der Waals surface area contributed by atoms with Crippen molar-refractivity contribution in [3.8, 4) is 0 Å². The highest BCUT2D eigenvalue weighted by molar-refractivity contribution is 9.10. The number of piperidine rings is 1. The zero-order chi connectivity index (χ0) is 16.1. The molecule has 120 valence electrons. The lowest BCUT2D eigenvalue weighted by Gasteiger charge is -2.53. The minimum Gasteiger partial charge on any atom is -0.465 e. The average molecular weight is 368 g/mol. The summed E-state index contributed by atoms with van der Waals surface area (Å²) in [5, 5.41) is 13.3. The SMILES string of the molecule is CC(C)(C)C12CNC(CN(C(=O)O)C1c1cncc(Br)c1)C2. The number of likely N-dealkylation sites (tertiary alicyclic amines) is 1. The largest absolute Gasteiger partial charge is 0.465 e. The molecule has 3 atom stereocenters. The van der Waals surface area contributed by atoms with Crippen molar-refractivity contribution in [2.45, 2.75) is 39.3 Å². The Morgan fingerprint density at radius 1 is 1.50 bits per heavy atom. The lowest BCUT2D eigenvalue weighted by Crippen LogP contribution is -2.55. The van der Waals surface area contributed by atoms with Gasteiger partial charge in [-0.05, 0) is 39.4 Å². The Bertz CT molecular complexity index is 601. The van der Waals surface area contributed by atoms with E-state index in [4.69, 9.17) is 0 Å². The maximum atomic E-state index is 11.9. The number of aromatic nitrogens is 1. The zero-order valence-corrected chi connectivity index (χ0v) is 14.7. The smallest absolute Gasteiger partial charge is 0.407 e. The fourth-order valence-electron chi connectivity index (χ4n) is 4.14. The fourth-order valence-corrected chi connectivity index (χ4v) is 4.52. The van der Waals surface area contributed by atoms with Gasteiger partial charge in [-0.3, -0.25) is 9.88 Å². The molecule has 0 aromatic carbocycles. The van der Waals surface area contributed by atoms with Crippen molar-refractivity contribution in [3.63, 3.8) is 0 Å². The molecule has 2 N–H and O–H groups in total. The van der Waals surface area contributed by atoms with Gasteiger partial charge in [0.05, 0.1) is 6.04 Å². The molecule has 1 amide bonds. The molecule has 6 heteroatoms. The zero-order valence-electron chi connectivity index (χ0n) is 13.1. The molecule has 3 rings (SSSR count). The van der Waals surface area contributed by atoms with Gasteiger partial charge in [0.2, 0.25) is 0 Å². The second-order valence-corrected chi connectivity index (χ2v) is 8.38. The molecule has 1 aromatic rings. The molecule has 2 bridgehead atoms. The fraction of sp³-hybridized carbons (Fsp3) is 0.625. The van der Waals surface area contributed by atoms with E-state index >= 15 is 0 Å². The monoisotopic (exact) mass is 367 g/mol. The number of pyridine rings is 1. The summed E-state index contributed by atoms with van der Waals surface area (Å²) < 4.78 is 0.882. The van der Waals surface area contributed by atoms with Crippen LogP contribution in [0.2, 0.25) is 0 Å². The minimum atomic E-state index is -0.855. The first-order valence-electron chi connectivity index (χ1n) is 7.58.